The number of aromatic hydroxyl groups is 1. The van der Waals surface area contributed by atoms with Gasteiger partial charge in [-0.15, -0.1) is 11.3 Å². The van der Waals surface area contributed by atoms with E-state index in [-0.39, 0.29) is 5.56 Å². The second kappa shape index (κ2) is 7.68. The van der Waals surface area contributed by atoms with Gasteiger partial charge in [0.1, 0.15) is 18.2 Å². The van der Waals surface area contributed by atoms with Crippen molar-refractivity contribution in [3.05, 3.63) is 102 Å². The molecule has 0 fully saturated rings. The van der Waals surface area contributed by atoms with Crippen LogP contribution in [0.2, 0.25) is 0 Å². The van der Waals surface area contributed by atoms with Crippen molar-refractivity contribution in [3.8, 4) is 5.88 Å². The van der Waals surface area contributed by atoms with E-state index in [1.165, 1.54) is 11.3 Å². The third kappa shape index (κ3) is 3.33. The fourth-order valence-corrected chi connectivity index (χ4v) is 4.49. The van der Waals surface area contributed by atoms with Gasteiger partial charge < -0.3 is 10.3 Å². The molecule has 3 aromatic heterocycles. The molecule has 1 unspecified atom stereocenters. The molecule has 4 rings (SSSR count). The molecule has 4 aromatic rings. The van der Waals surface area contributed by atoms with Crippen LogP contribution in [0.1, 0.15) is 39.1 Å². The highest BCUT2D eigenvalue weighted by Crippen LogP contribution is 2.35. The maximum atomic E-state index is 12.7. The number of hydrogen-bond acceptors (Lipinski definition) is 5. The Hall–Kier alpha value is -3.59. The van der Waals surface area contributed by atoms with Crippen LogP contribution < -0.4 is 15.8 Å². The SMILES string of the molecule is Cc1c(C)[n+](Cc2ccccc2)c(C(c2cccs2)c2c(O)[nH]c(=O)[nH]c2=O)n1O. The summed E-state index contributed by atoms with van der Waals surface area (Å²) in [6.07, 6.45) is 0. The minimum Gasteiger partial charge on any atom is -0.494 e. The standard InChI is InChI=1S/C21H20N4O4S/c1-12-13(2)25(29)20(24(12)11-14-7-4-3-5-8-14)16(15-9-6-10-30-15)17-18(26)22-21(28)23-19(17)27/h3-10,16H,11H2,1-2H3,(H3-,22,23,26,27,28,29)/p+1. The number of nitrogens with zero attached hydrogens (tertiary/aromatic N) is 2. The molecule has 8 nitrogen and oxygen atoms in total. The second-order valence-electron chi connectivity index (χ2n) is 7.03. The molecule has 0 saturated carbocycles. The number of hydrogen-bond donors (Lipinski definition) is 4. The van der Waals surface area contributed by atoms with Crippen molar-refractivity contribution in [2.45, 2.75) is 26.3 Å². The van der Waals surface area contributed by atoms with E-state index in [9.17, 15) is 19.9 Å². The van der Waals surface area contributed by atoms with Crippen molar-refractivity contribution in [1.82, 2.24) is 14.7 Å². The molecule has 1 aromatic carbocycles. The van der Waals surface area contributed by atoms with Gasteiger partial charge in [0, 0.05) is 18.7 Å². The van der Waals surface area contributed by atoms with Gasteiger partial charge in [-0.25, -0.2) is 9.36 Å². The molecule has 0 bridgehead atoms. The summed E-state index contributed by atoms with van der Waals surface area (Å²) >= 11 is 1.39. The zero-order valence-corrected chi connectivity index (χ0v) is 17.2. The third-order valence-corrected chi connectivity index (χ3v) is 6.19. The Balaban J connectivity index is 2.01. The topological polar surface area (TPSA) is 115 Å². The molecule has 0 aliphatic rings. The lowest BCUT2D eigenvalue weighted by atomic mass is 9.98. The number of imidazole rings is 1. The Labute approximate surface area is 175 Å². The van der Waals surface area contributed by atoms with E-state index in [1.54, 1.807) is 6.92 Å². The molecular formula is C21H21N4O4S+. The van der Waals surface area contributed by atoms with Crippen LogP contribution in [0.25, 0.3) is 0 Å². The molecule has 0 amide bonds. The van der Waals surface area contributed by atoms with Gasteiger partial charge in [-0.05, 0) is 21.7 Å². The number of nitrogens with one attached hydrogen (secondary N) is 2. The Kier molecular flexibility index (Phi) is 5.04. The average molecular weight is 425 g/mol. The predicted molar refractivity (Wildman–Crippen MR) is 111 cm³/mol. The Morgan fingerprint density at radius 2 is 1.83 bits per heavy atom. The highest BCUT2D eigenvalue weighted by atomic mass is 32.1. The lowest BCUT2D eigenvalue weighted by molar-refractivity contribution is -0.702. The fourth-order valence-electron chi connectivity index (χ4n) is 3.66. The lowest BCUT2D eigenvalue weighted by Crippen LogP contribution is -2.43. The highest BCUT2D eigenvalue weighted by Gasteiger charge is 2.39. The monoisotopic (exact) mass is 425 g/mol. The maximum absolute atomic E-state index is 12.7. The van der Waals surface area contributed by atoms with Crippen LogP contribution >= 0.6 is 11.3 Å². The van der Waals surface area contributed by atoms with E-state index >= 15 is 0 Å². The first-order valence-electron chi connectivity index (χ1n) is 9.32. The van der Waals surface area contributed by atoms with Gasteiger partial charge in [-0.3, -0.25) is 14.8 Å². The summed E-state index contributed by atoms with van der Waals surface area (Å²) in [6, 6.07) is 13.4. The summed E-state index contributed by atoms with van der Waals surface area (Å²) in [5, 5.41) is 23.3. The van der Waals surface area contributed by atoms with Gasteiger partial charge in [0.2, 0.25) is 5.88 Å². The summed E-state index contributed by atoms with van der Waals surface area (Å²) in [5.74, 6) is -0.916. The molecule has 3 heterocycles. The van der Waals surface area contributed by atoms with Crippen LogP contribution in [0.3, 0.4) is 0 Å². The number of aromatic nitrogens is 4. The van der Waals surface area contributed by atoms with Crippen molar-refractivity contribution in [2.24, 2.45) is 0 Å². The Morgan fingerprint density at radius 1 is 1.10 bits per heavy atom. The normalized spacial score (nSPS) is 12.2. The van der Waals surface area contributed by atoms with E-state index in [0.29, 0.717) is 18.1 Å². The van der Waals surface area contributed by atoms with Gasteiger partial charge in [-0.2, -0.15) is 0 Å². The minimum atomic E-state index is -0.799. The van der Waals surface area contributed by atoms with Crippen molar-refractivity contribution in [3.63, 3.8) is 0 Å². The molecule has 1 atom stereocenters. The molecule has 0 spiro atoms. The Bertz CT molecular complexity index is 1300. The van der Waals surface area contributed by atoms with Crippen LogP contribution in [0.5, 0.6) is 5.88 Å². The summed E-state index contributed by atoms with van der Waals surface area (Å²) < 4.78 is 2.96. The van der Waals surface area contributed by atoms with Gasteiger partial charge in [0.05, 0.1) is 5.56 Å². The zero-order chi connectivity index (χ0) is 21.4. The smallest absolute Gasteiger partial charge is 0.328 e. The van der Waals surface area contributed by atoms with Gasteiger partial charge >= 0.3 is 11.5 Å². The van der Waals surface area contributed by atoms with Gasteiger partial charge in [0.15, 0.2) is 5.69 Å². The van der Waals surface area contributed by atoms with Gasteiger partial charge in [-0.1, -0.05) is 36.4 Å². The van der Waals surface area contributed by atoms with Crippen LogP contribution in [-0.4, -0.2) is 25.0 Å². The quantitative estimate of drug-likeness (QED) is 0.289. The molecule has 30 heavy (non-hydrogen) atoms. The largest absolute Gasteiger partial charge is 0.494 e. The van der Waals surface area contributed by atoms with E-state index < -0.39 is 23.0 Å². The van der Waals surface area contributed by atoms with E-state index in [2.05, 4.69) is 9.97 Å². The summed E-state index contributed by atoms with van der Waals surface area (Å²) in [5.41, 5.74) is 0.905. The molecular weight excluding hydrogens is 404 g/mol. The third-order valence-electron chi connectivity index (χ3n) is 5.26. The Morgan fingerprint density at radius 3 is 2.47 bits per heavy atom. The zero-order valence-electron chi connectivity index (χ0n) is 16.4. The number of rotatable bonds is 5. The second-order valence-corrected chi connectivity index (χ2v) is 8.01. The number of aromatic amines is 2. The van der Waals surface area contributed by atoms with Crippen molar-refractivity contribution < 1.29 is 14.9 Å². The van der Waals surface area contributed by atoms with E-state index in [1.807, 2.05) is 59.3 Å². The fraction of sp³-hybridized carbons (Fsp3) is 0.190. The highest BCUT2D eigenvalue weighted by molar-refractivity contribution is 7.10. The molecule has 0 saturated heterocycles. The van der Waals surface area contributed by atoms with Crippen molar-refractivity contribution in [2.75, 3.05) is 0 Å². The molecule has 0 radical (unpaired) electrons. The molecule has 154 valence electrons. The van der Waals surface area contributed by atoms with E-state index in [0.717, 1.165) is 20.9 Å². The van der Waals surface area contributed by atoms with Crippen molar-refractivity contribution >= 4 is 11.3 Å². The minimum absolute atomic E-state index is 0.0355. The van der Waals surface area contributed by atoms with Crippen LogP contribution in [0.15, 0.2) is 57.4 Å². The molecule has 4 N–H and O–H groups in total. The first-order chi connectivity index (χ1) is 14.4. The molecule has 9 heteroatoms. The predicted octanol–water partition coefficient (Wildman–Crippen LogP) is 2.00. The number of benzene rings is 1. The average Bonchev–Trinajstić information content (AvgIpc) is 3.31. The molecule has 0 aliphatic carbocycles. The summed E-state index contributed by atoms with van der Waals surface area (Å²) in [7, 11) is 0. The number of thiophene rings is 1. The van der Waals surface area contributed by atoms with Gasteiger partial charge in [0.25, 0.3) is 5.56 Å². The lowest BCUT2D eigenvalue weighted by Gasteiger charge is -2.14. The first kappa shape index (κ1) is 19.7. The van der Waals surface area contributed by atoms with Crippen LogP contribution in [0.4, 0.5) is 0 Å². The number of H-pyrrole nitrogens is 2. The maximum Gasteiger partial charge on any atom is 0.328 e. The van der Waals surface area contributed by atoms with Crippen molar-refractivity contribution in [1.29, 1.82) is 0 Å². The summed E-state index contributed by atoms with van der Waals surface area (Å²) in [6.45, 7) is 4.12. The molecule has 0 aliphatic heterocycles. The summed E-state index contributed by atoms with van der Waals surface area (Å²) in [4.78, 5) is 29.5. The van der Waals surface area contributed by atoms with Crippen LogP contribution in [0, 0.1) is 13.8 Å². The van der Waals surface area contributed by atoms with E-state index in [4.69, 9.17) is 0 Å². The first-order valence-corrected chi connectivity index (χ1v) is 10.2. The van der Waals surface area contributed by atoms with Crippen LogP contribution in [-0.2, 0) is 6.54 Å².